The lowest BCUT2D eigenvalue weighted by atomic mass is 10.2. The highest BCUT2D eigenvalue weighted by Crippen LogP contribution is 2.33. The molecule has 0 saturated carbocycles. The fraction of sp³-hybridized carbons (Fsp3) is 0.323. The van der Waals surface area contributed by atoms with Gasteiger partial charge < -0.3 is 29.2 Å². The van der Waals surface area contributed by atoms with Crippen molar-refractivity contribution in [1.82, 2.24) is 5.32 Å². The summed E-state index contributed by atoms with van der Waals surface area (Å²) in [6.07, 6.45) is 0. The van der Waals surface area contributed by atoms with Crippen LogP contribution in [0.3, 0.4) is 0 Å². The van der Waals surface area contributed by atoms with Gasteiger partial charge in [-0.2, -0.15) is 0 Å². The van der Waals surface area contributed by atoms with E-state index in [4.69, 9.17) is 38.7 Å². The molecule has 1 saturated heterocycles. The smallest absolute Gasteiger partial charge is 0.228 e. The molecule has 1 N–H and O–H groups in total. The number of piperazine rings is 1. The summed E-state index contributed by atoms with van der Waals surface area (Å²) in [6.45, 7) is 26.5. The molecule has 3 aromatic rings. The van der Waals surface area contributed by atoms with E-state index in [9.17, 15) is 4.39 Å². The molecule has 0 radical (unpaired) electrons. The molecule has 1 aliphatic heterocycles. The van der Waals surface area contributed by atoms with Crippen molar-refractivity contribution in [2.45, 2.75) is 0 Å². The molecule has 43 heavy (non-hydrogen) atoms. The Labute approximate surface area is 269 Å². The molecule has 3 aromatic carbocycles. The van der Waals surface area contributed by atoms with Crippen LogP contribution in [0.5, 0.6) is 11.5 Å². The maximum Gasteiger partial charge on any atom is 0.228 e. The van der Waals surface area contributed by atoms with Crippen LogP contribution in [0.1, 0.15) is 0 Å². The molecule has 0 spiro atoms. The summed E-state index contributed by atoms with van der Waals surface area (Å²) in [7, 11) is 3.25. The molecular weight excluding hydrogens is 685 g/mol. The van der Waals surface area contributed by atoms with E-state index in [1.165, 1.54) is 12.1 Å². The van der Waals surface area contributed by atoms with Crippen molar-refractivity contribution in [2.24, 2.45) is 0 Å². The van der Waals surface area contributed by atoms with Crippen LogP contribution in [0.2, 0.25) is 0 Å². The number of ether oxygens (including phenoxy) is 4. The molecule has 226 valence electrons. The minimum Gasteiger partial charge on any atom is -0.502 e. The largest absolute Gasteiger partial charge is 0.502 e. The molecule has 4 rings (SSSR count). The van der Waals surface area contributed by atoms with Crippen LogP contribution < -0.4 is 19.7 Å². The first-order chi connectivity index (χ1) is 20.9. The number of halogens is 3. The van der Waals surface area contributed by atoms with Crippen molar-refractivity contribution in [3.8, 4) is 11.5 Å². The standard InChI is InChI=1S/C14H19N3O2.C10H10BrNO2.C7H3BrFN/c1-15-13-4-3-12(17-7-5-16-6-8-17)11-14(13)19-10-9-18-2;1-12-9-4-3-8(11)7-10(9)14-6-5-13-2;1-10-7-3-2-5(8)4-6(7)9/h3-4,11,16H,5-10H2,2H3;3-4,7H,5-6H2,2H3;2-4H. The van der Waals surface area contributed by atoms with E-state index < -0.39 is 5.82 Å². The lowest BCUT2D eigenvalue weighted by molar-refractivity contribution is 0.147. The minimum absolute atomic E-state index is 0.0585. The van der Waals surface area contributed by atoms with Gasteiger partial charge >= 0.3 is 0 Å². The normalized spacial score (nSPS) is 11.8. The molecule has 0 aromatic heterocycles. The van der Waals surface area contributed by atoms with Crippen molar-refractivity contribution < 1.29 is 23.3 Å². The molecular formula is C31H32Br2FN5O4. The Morgan fingerprint density at radius 1 is 0.721 bits per heavy atom. The van der Waals surface area contributed by atoms with Gasteiger partial charge in [-0.15, -0.1) is 0 Å². The van der Waals surface area contributed by atoms with Crippen LogP contribution in [-0.4, -0.2) is 66.8 Å². The number of hydrogen-bond donors (Lipinski definition) is 1. The van der Waals surface area contributed by atoms with Crippen LogP contribution >= 0.6 is 31.9 Å². The van der Waals surface area contributed by atoms with Gasteiger partial charge in [0.05, 0.1) is 32.9 Å². The van der Waals surface area contributed by atoms with E-state index in [1.807, 2.05) is 24.3 Å². The van der Waals surface area contributed by atoms with Crippen LogP contribution in [0.25, 0.3) is 14.5 Å². The number of methoxy groups -OCH3 is 2. The molecule has 1 heterocycles. The molecule has 0 aliphatic carbocycles. The highest BCUT2D eigenvalue weighted by molar-refractivity contribution is 9.10. The van der Waals surface area contributed by atoms with E-state index in [2.05, 4.69) is 56.6 Å². The molecule has 0 unspecified atom stereocenters. The lowest BCUT2D eigenvalue weighted by Crippen LogP contribution is -2.43. The SMILES string of the molecule is [C-]#[N+]c1ccc(Br)cc1F.[C-]#[N+]c1ccc(Br)cc1OCCOC.[C-]#[N+]c1ccc(N2CCNCC2)cc1OCCOC. The van der Waals surface area contributed by atoms with E-state index >= 15 is 0 Å². The zero-order chi connectivity index (χ0) is 31.5. The van der Waals surface area contributed by atoms with Gasteiger partial charge in [0.25, 0.3) is 0 Å². The Morgan fingerprint density at radius 2 is 1.21 bits per heavy atom. The van der Waals surface area contributed by atoms with E-state index in [-0.39, 0.29) is 5.69 Å². The molecule has 0 amide bonds. The first kappa shape index (κ1) is 35.5. The number of anilines is 1. The Morgan fingerprint density at radius 3 is 1.72 bits per heavy atom. The highest BCUT2D eigenvalue weighted by atomic mass is 79.9. The van der Waals surface area contributed by atoms with Gasteiger partial charge in [0.2, 0.25) is 17.1 Å². The Kier molecular flexibility index (Phi) is 16.7. The third-order valence-corrected chi connectivity index (χ3v) is 6.70. The molecule has 1 fully saturated rings. The summed E-state index contributed by atoms with van der Waals surface area (Å²) >= 11 is 6.40. The average molecular weight is 717 g/mol. The Hall–Kier alpha value is -3.70. The second kappa shape index (κ2) is 20.2. The van der Waals surface area contributed by atoms with Crippen LogP contribution in [0.15, 0.2) is 63.5 Å². The zero-order valence-corrected chi connectivity index (χ0v) is 27.1. The maximum absolute atomic E-state index is 12.6. The van der Waals surface area contributed by atoms with Gasteiger partial charge in [-0.05, 0) is 24.3 Å². The summed E-state index contributed by atoms with van der Waals surface area (Å²) in [4.78, 5) is 12.1. The summed E-state index contributed by atoms with van der Waals surface area (Å²) in [5, 5.41) is 3.33. The quantitative estimate of drug-likeness (QED) is 0.180. The summed E-state index contributed by atoms with van der Waals surface area (Å²) < 4.78 is 35.0. The van der Waals surface area contributed by atoms with E-state index in [0.717, 1.165) is 36.3 Å². The fourth-order valence-corrected chi connectivity index (χ4v) is 4.24. The summed E-state index contributed by atoms with van der Waals surface area (Å²) in [5.74, 6) is 0.749. The number of nitrogens with one attached hydrogen (secondary N) is 1. The average Bonchev–Trinajstić information content (AvgIpc) is 3.02. The van der Waals surface area contributed by atoms with Crippen molar-refractivity contribution in [2.75, 3.05) is 71.7 Å². The highest BCUT2D eigenvalue weighted by Gasteiger charge is 2.13. The topological polar surface area (TPSA) is 65.3 Å². The molecule has 0 atom stereocenters. The summed E-state index contributed by atoms with van der Waals surface area (Å²) in [5.41, 5.74) is 2.24. The van der Waals surface area contributed by atoms with Gasteiger partial charge in [-0.3, -0.25) is 0 Å². The number of hydrogen-bond acceptors (Lipinski definition) is 6. The predicted molar refractivity (Wildman–Crippen MR) is 173 cm³/mol. The number of nitrogens with zero attached hydrogens (tertiary/aromatic N) is 4. The third kappa shape index (κ3) is 12.6. The molecule has 1 aliphatic rings. The zero-order valence-electron chi connectivity index (χ0n) is 23.9. The van der Waals surface area contributed by atoms with Crippen molar-refractivity contribution >= 4 is 54.6 Å². The van der Waals surface area contributed by atoms with Crippen molar-refractivity contribution in [3.05, 3.63) is 104 Å². The van der Waals surface area contributed by atoms with Gasteiger partial charge in [-0.1, -0.05) is 62.2 Å². The first-order valence-corrected chi connectivity index (χ1v) is 14.7. The third-order valence-electron chi connectivity index (χ3n) is 5.71. The Balaban J connectivity index is 0.000000237. The molecule has 0 bridgehead atoms. The second-order valence-electron chi connectivity index (χ2n) is 8.61. The molecule has 9 nitrogen and oxygen atoms in total. The second-order valence-corrected chi connectivity index (χ2v) is 10.4. The van der Waals surface area contributed by atoms with E-state index in [0.29, 0.717) is 53.8 Å². The van der Waals surface area contributed by atoms with E-state index in [1.54, 1.807) is 32.4 Å². The van der Waals surface area contributed by atoms with Crippen LogP contribution in [0.4, 0.5) is 27.1 Å². The van der Waals surface area contributed by atoms with Gasteiger partial charge in [0.15, 0.2) is 0 Å². The maximum atomic E-state index is 12.6. The predicted octanol–water partition coefficient (Wildman–Crippen LogP) is 7.84. The monoisotopic (exact) mass is 715 g/mol. The molecule has 12 heteroatoms. The van der Waals surface area contributed by atoms with Gasteiger partial charge in [0.1, 0.15) is 30.5 Å². The minimum atomic E-state index is -0.482. The Bertz CT molecular complexity index is 1430. The van der Waals surface area contributed by atoms with Crippen LogP contribution in [-0.2, 0) is 9.47 Å². The first-order valence-electron chi connectivity index (χ1n) is 13.1. The van der Waals surface area contributed by atoms with Crippen LogP contribution in [0, 0.1) is 25.5 Å². The number of benzene rings is 3. The fourth-order valence-electron chi connectivity index (χ4n) is 3.57. The van der Waals surface area contributed by atoms with Crippen molar-refractivity contribution in [1.29, 1.82) is 0 Å². The van der Waals surface area contributed by atoms with Crippen molar-refractivity contribution in [3.63, 3.8) is 0 Å². The summed E-state index contributed by atoms with van der Waals surface area (Å²) in [6, 6.07) is 15.4. The van der Waals surface area contributed by atoms with Gasteiger partial charge in [0, 0.05) is 55.0 Å². The lowest BCUT2D eigenvalue weighted by Gasteiger charge is -2.29. The number of rotatable bonds is 9. The van der Waals surface area contributed by atoms with Gasteiger partial charge in [-0.25, -0.2) is 18.9 Å².